The standard InChI is InChI=1S/C25H26N2O3/c1-17-13-14-18(2)23(15-17)30-19(3)24(28)27-22-12-8-7-11-21(22)25(29)26-16-20-9-5-4-6-10-20/h4-15,19H,16H2,1-3H3,(H,26,29)(H,27,28)/t19-/m1/s1. The molecule has 154 valence electrons. The SMILES string of the molecule is Cc1ccc(C)c(O[C@H](C)C(=O)Nc2ccccc2C(=O)NCc2ccccc2)c1. The Bertz CT molecular complexity index is 1030. The number of aryl methyl sites for hydroxylation is 2. The Labute approximate surface area is 177 Å². The summed E-state index contributed by atoms with van der Waals surface area (Å²) >= 11 is 0. The van der Waals surface area contributed by atoms with Crippen molar-refractivity contribution >= 4 is 17.5 Å². The molecule has 5 nitrogen and oxygen atoms in total. The molecule has 0 aliphatic rings. The van der Waals surface area contributed by atoms with E-state index >= 15 is 0 Å². The summed E-state index contributed by atoms with van der Waals surface area (Å²) in [6, 6.07) is 22.5. The highest BCUT2D eigenvalue weighted by atomic mass is 16.5. The topological polar surface area (TPSA) is 67.4 Å². The summed E-state index contributed by atoms with van der Waals surface area (Å²) in [6.45, 7) is 6.01. The smallest absolute Gasteiger partial charge is 0.265 e. The Morgan fingerprint density at radius 1 is 0.933 bits per heavy atom. The fraction of sp³-hybridized carbons (Fsp3) is 0.200. The minimum Gasteiger partial charge on any atom is -0.481 e. The highest BCUT2D eigenvalue weighted by molar-refractivity contribution is 6.04. The highest BCUT2D eigenvalue weighted by Gasteiger charge is 2.19. The van der Waals surface area contributed by atoms with E-state index in [0.717, 1.165) is 16.7 Å². The molecule has 0 spiro atoms. The number of ether oxygens (including phenoxy) is 1. The first-order valence-corrected chi connectivity index (χ1v) is 9.90. The van der Waals surface area contributed by atoms with Crippen LogP contribution in [0.25, 0.3) is 0 Å². The van der Waals surface area contributed by atoms with Crippen LogP contribution in [0.4, 0.5) is 5.69 Å². The van der Waals surface area contributed by atoms with Crippen LogP contribution in [0.1, 0.15) is 34.0 Å². The van der Waals surface area contributed by atoms with Crippen molar-refractivity contribution in [2.24, 2.45) is 0 Å². The summed E-state index contributed by atoms with van der Waals surface area (Å²) < 4.78 is 5.85. The molecule has 0 saturated carbocycles. The third kappa shape index (κ3) is 5.47. The summed E-state index contributed by atoms with van der Waals surface area (Å²) in [4.78, 5) is 25.4. The van der Waals surface area contributed by atoms with Crippen LogP contribution in [0.5, 0.6) is 5.75 Å². The molecule has 0 aliphatic carbocycles. The fourth-order valence-electron chi connectivity index (χ4n) is 2.98. The molecule has 3 rings (SSSR count). The second kappa shape index (κ2) is 9.74. The number of carbonyl (C=O) groups excluding carboxylic acids is 2. The van der Waals surface area contributed by atoms with Gasteiger partial charge in [-0.25, -0.2) is 0 Å². The molecule has 2 amide bonds. The minimum atomic E-state index is -0.717. The third-order valence-corrected chi connectivity index (χ3v) is 4.74. The van der Waals surface area contributed by atoms with Gasteiger partial charge in [0.15, 0.2) is 6.10 Å². The molecule has 0 fully saturated rings. The fourth-order valence-corrected chi connectivity index (χ4v) is 2.98. The number of hydrogen-bond donors (Lipinski definition) is 2. The Hall–Kier alpha value is -3.60. The van der Waals surface area contributed by atoms with Crippen molar-refractivity contribution < 1.29 is 14.3 Å². The monoisotopic (exact) mass is 402 g/mol. The molecule has 3 aromatic carbocycles. The second-order valence-corrected chi connectivity index (χ2v) is 7.23. The highest BCUT2D eigenvalue weighted by Crippen LogP contribution is 2.21. The Morgan fingerprint density at radius 3 is 2.40 bits per heavy atom. The van der Waals surface area contributed by atoms with Crippen molar-refractivity contribution in [3.63, 3.8) is 0 Å². The second-order valence-electron chi connectivity index (χ2n) is 7.23. The van der Waals surface area contributed by atoms with E-state index in [-0.39, 0.29) is 11.8 Å². The van der Waals surface area contributed by atoms with Crippen molar-refractivity contribution in [1.82, 2.24) is 5.32 Å². The molecule has 0 heterocycles. The lowest BCUT2D eigenvalue weighted by Crippen LogP contribution is -2.32. The van der Waals surface area contributed by atoms with Gasteiger partial charge in [-0.05, 0) is 55.7 Å². The molecule has 0 aromatic heterocycles. The zero-order chi connectivity index (χ0) is 21.5. The molecule has 0 radical (unpaired) electrons. The van der Waals surface area contributed by atoms with E-state index in [1.807, 2.05) is 62.4 Å². The van der Waals surface area contributed by atoms with Crippen molar-refractivity contribution in [1.29, 1.82) is 0 Å². The summed E-state index contributed by atoms with van der Waals surface area (Å²) in [5.74, 6) is 0.101. The van der Waals surface area contributed by atoms with Crippen molar-refractivity contribution in [3.8, 4) is 5.75 Å². The van der Waals surface area contributed by atoms with Gasteiger partial charge in [0.05, 0.1) is 11.3 Å². The van der Waals surface area contributed by atoms with Crippen LogP contribution in [0, 0.1) is 13.8 Å². The van der Waals surface area contributed by atoms with Gasteiger partial charge < -0.3 is 15.4 Å². The molecule has 3 aromatic rings. The summed E-state index contributed by atoms with van der Waals surface area (Å²) in [7, 11) is 0. The van der Waals surface area contributed by atoms with Gasteiger partial charge in [-0.1, -0.05) is 54.6 Å². The van der Waals surface area contributed by atoms with Gasteiger partial charge in [-0.3, -0.25) is 9.59 Å². The van der Waals surface area contributed by atoms with E-state index in [1.54, 1.807) is 31.2 Å². The maximum atomic E-state index is 12.7. The molecule has 0 aliphatic heterocycles. The van der Waals surface area contributed by atoms with E-state index in [2.05, 4.69) is 10.6 Å². The van der Waals surface area contributed by atoms with Crippen LogP contribution in [0.15, 0.2) is 72.8 Å². The number of anilines is 1. The van der Waals surface area contributed by atoms with E-state index in [4.69, 9.17) is 4.74 Å². The first-order valence-electron chi connectivity index (χ1n) is 9.90. The maximum absolute atomic E-state index is 12.7. The lowest BCUT2D eigenvalue weighted by atomic mass is 10.1. The van der Waals surface area contributed by atoms with E-state index < -0.39 is 6.10 Å². The molecule has 30 heavy (non-hydrogen) atoms. The largest absolute Gasteiger partial charge is 0.481 e. The van der Waals surface area contributed by atoms with Gasteiger partial charge in [0.1, 0.15) is 5.75 Å². The zero-order valence-corrected chi connectivity index (χ0v) is 17.4. The molecule has 5 heteroatoms. The van der Waals surface area contributed by atoms with Crippen LogP contribution in [-0.4, -0.2) is 17.9 Å². The number of para-hydroxylation sites is 1. The summed E-state index contributed by atoms with van der Waals surface area (Å²) in [5.41, 5.74) is 3.87. The predicted octanol–water partition coefficient (Wildman–Crippen LogP) is 4.64. The Morgan fingerprint density at radius 2 is 1.63 bits per heavy atom. The zero-order valence-electron chi connectivity index (χ0n) is 17.4. The maximum Gasteiger partial charge on any atom is 0.265 e. The van der Waals surface area contributed by atoms with E-state index in [9.17, 15) is 9.59 Å². The molecule has 1 atom stereocenters. The van der Waals surface area contributed by atoms with Gasteiger partial charge in [0.2, 0.25) is 0 Å². The first-order chi connectivity index (χ1) is 14.4. The molecular formula is C25H26N2O3. The lowest BCUT2D eigenvalue weighted by Gasteiger charge is -2.18. The van der Waals surface area contributed by atoms with Crippen molar-refractivity contribution in [3.05, 3.63) is 95.1 Å². The number of carbonyl (C=O) groups is 2. The lowest BCUT2D eigenvalue weighted by molar-refractivity contribution is -0.122. The van der Waals surface area contributed by atoms with Gasteiger partial charge in [-0.15, -0.1) is 0 Å². The number of amides is 2. The van der Waals surface area contributed by atoms with Gasteiger partial charge in [0, 0.05) is 6.54 Å². The van der Waals surface area contributed by atoms with Gasteiger partial charge >= 0.3 is 0 Å². The van der Waals surface area contributed by atoms with Crippen molar-refractivity contribution in [2.75, 3.05) is 5.32 Å². The summed E-state index contributed by atoms with van der Waals surface area (Å²) in [6.07, 6.45) is -0.717. The third-order valence-electron chi connectivity index (χ3n) is 4.74. The number of benzene rings is 3. The molecule has 0 unspecified atom stereocenters. The molecular weight excluding hydrogens is 376 g/mol. The van der Waals surface area contributed by atoms with Crippen LogP contribution in [0.2, 0.25) is 0 Å². The van der Waals surface area contributed by atoms with Gasteiger partial charge in [-0.2, -0.15) is 0 Å². The average Bonchev–Trinajstić information content (AvgIpc) is 2.75. The Balaban J connectivity index is 1.66. The average molecular weight is 402 g/mol. The summed E-state index contributed by atoms with van der Waals surface area (Å²) in [5, 5.41) is 5.71. The van der Waals surface area contributed by atoms with Crippen molar-refractivity contribution in [2.45, 2.75) is 33.4 Å². The first kappa shape index (κ1) is 21.1. The number of rotatable bonds is 7. The minimum absolute atomic E-state index is 0.252. The Kier molecular flexibility index (Phi) is 6.86. The quantitative estimate of drug-likeness (QED) is 0.605. The number of hydrogen-bond acceptors (Lipinski definition) is 3. The van der Waals surface area contributed by atoms with Crippen LogP contribution >= 0.6 is 0 Å². The van der Waals surface area contributed by atoms with E-state index in [1.165, 1.54) is 0 Å². The van der Waals surface area contributed by atoms with Gasteiger partial charge in [0.25, 0.3) is 11.8 Å². The number of nitrogens with one attached hydrogen (secondary N) is 2. The molecule has 0 bridgehead atoms. The normalized spacial score (nSPS) is 11.4. The predicted molar refractivity (Wildman–Crippen MR) is 119 cm³/mol. The van der Waals surface area contributed by atoms with E-state index in [0.29, 0.717) is 23.5 Å². The van der Waals surface area contributed by atoms with Crippen LogP contribution in [-0.2, 0) is 11.3 Å². The molecule has 2 N–H and O–H groups in total. The molecule has 0 saturated heterocycles. The van der Waals surface area contributed by atoms with Crippen LogP contribution < -0.4 is 15.4 Å². The van der Waals surface area contributed by atoms with Crippen LogP contribution in [0.3, 0.4) is 0 Å².